The SMILES string of the molecule is [2H]c1c([2H])c([2H])c(-c2c([2H])c([2H])c(-c3nc(-c4c([2H])c([2H])c(-n5c6c([2H])c([2H])c([2H])c([2H])c6c6c([2H])c(-c7c([2H])c([2H])c([2H])c([2H])c7[2H])c([2H])c([2H])c65)c([2H])c4[2H])nc(-c4c([2H])c([2H])c5c(c4[2H])c([2H])c([2H])c4c([2H])c([2H])c([2H])c([2H])c45)n3)c([2H])c2[2H])c([2H])c1[2H]. The third-order valence-corrected chi connectivity index (χ3v) is 8.49. The molecule has 2 heterocycles. The van der Waals surface area contributed by atoms with Crippen molar-refractivity contribution in [3.05, 3.63) is 205 Å². The fourth-order valence-electron chi connectivity index (χ4n) is 5.92. The van der Waals surface area contributed by atoms with Crippen LogP contribution in [0.15, 0.2) is 205 Å². The lowest BCUT2D eigenvalue weighted by molar-refractivity contribution is 1.07. The molecule has 0 aliphatic heterocycles. The van der Waals surface area contributed by atoms with Gasteiger partial charge in [0.1, 0.15) is 0 Å². The Labute approximate surface area is 377 Å². The Morgan fingerprint density at radius 2 is 0.772 bits per heavy atom. The van der Waals surface area contributed by atoms with Crippen molar-refractivity contribution in [1.29, 1.82) is 0 Å². The Morgan fingerprint density at radius 3 is 1.49 bits per heavy atom. The molecule has 9 aromatic carbocycles. The molecule has 0 fully saturated rings. The van der Waals surface area contributed by atoms with E-state index in [0.717, 1.165) is 0 Å². The van der Waals surface area contributed by atoms with E-state index in [1.807, 2.05) is 0 Å². The van der Waals surface area contributed by atoms with E-state index in [1.54, 1.807) is 0 Å². The van der Waals surface area contributed by atoms with Crippen molar-refractivity contribution in [3.8, 4) is 62.1 Å². The summed E-state index contributed by atoms with van der Waals surface area (Å²) in [6.45, 7) is 0. The third kappa shape index (κ3) is 5.83. The number of benzene rings is 9. The fourth-order valence-corrected chi connectivity index (χ4v) is 5.92. The predicted molar refractivity (Wildman–Crippen MR) is 236 cm³/mol. The molecule has 0 bridgehead atoms. The molecule has 0 unspecified atom stereocenters. The van der Waals surface area contributed by atoms with Crippen LogP contribution in [-0.2, 0) is 0 Å². The van der Waals surface area contributed by atoms with Crippen LogP contribution < -0.4 is 0 Å². The maximum Gasteiger partial charge on any atom is 0.164 e. The molecule has 266 valence electrons. The van der Waals surface area contributed by atoms with Crippen LogP contribution in [0, 0.1) is 0 Å². The standard InChI is InChI=1S/C53H34N4/c1-3-11-35(12-4-1)37-19-22-39(23-20-37)51-54-52(56-53(55-51)43-27-31-46-42(33-43)24-21-38-15-7-8-16-45(38)46)40-25-29-44(30-26-40)57-49-18-10-9-17-47(49)48-34-41(28-32-50(48)57)36-13-5-2-6-14-36/h1-34H/i1D,2D,3D,4D,5D,6D,7D,8D,9D,10D,11D,12D,13D,14D,15D,16D,17D,18D,19D,20D,21D,22D,23D,24D,25D,26D,27D,28D,29D,30D,31D,32D,33D,34D. The summed E-state index contributed by atoms with van der Waals surface area (Å²) in [4.78, 5) is 13.0. The highest BCUT2D eigenvalue weighted by Gasteiger charge is 2.16. The summed E-state index contributed by atoms with van der Waals surface area (Å²) in [5.41, 5.74) is -8.27. The van der Waals surface area contributed by atoms with E-state index in [-0.39, 0.29) is 0 Å². The highest BCUT2D eigenvalue weighted by molar-refractivity contribution is 6.11. The molecule has 57 heavy (non-hydrogen) atoms. The molecular formula is C53H34N4. The average molecular weight is 761 g/mol. The quantitative estimate of drug-likeness (QED) is 0.159. The van der Waals surface area contributed by atoms with Gasteiger partial charge in [-0.1, -0.05) is 157 Å². The van der Waals surface area contributed by atoms with Gasteiger partial charge < -0.3 is 4.57 Å². The highest BCUT2D eigenvalue weighted by Crippen LogP contribution is 2.36. The molecule has 0 aliphatic rings. The minimum Gasteiger partial charge on any atom is -0.309 e. The van der Waals surface area contributed by atoms with Gasteiger partial charge in [-0.05, 0) is 92.1 Å². The first-order chi connectivity index (χ1) is 42.4. The largest absolute Gasteiger partial charge is 0.309 e. The van der Waals surface area contributed by atoms with Gasteiger partial charge in [-0.15, -0.1) is 0 Å². The lowest BCUT2D eigenvalue weighted by Crippen LogP contribution is -2.01. The molecule has 4 heteroatoms. The summed E-state index contributed by atoms with van der Waals surface area (Å²) in [6, 6.07) is -32.9. The van der Waals surface area contributed by atoms with Gasteiger partial charge in [0.05, 0.1) is 57.6 Å². The molecule has 11 aromatic rings. The van der Waals surface area contributed by atoms with Crippen molar-refractivity contribution in [1.82, 2.24) is 19.5 Å². The first-order valence-corrected chi connectivity index (χ1v) is 16.5. The van der Waals surface area contributed by atoms with E-state index < -0.39 is 311 Å². The van der Waals surface area contributed by atoms with E-state index in [2.05, 4.69) is 15.0 Å². The van der Waals surface area contributed by atoms with Crippen molar-refractivity contribution >= 4 is 43.4 Å². The number of hydrogen-bond donors (Lipinski definition) is 0. The maximum absolute atomic E-state index is 9.65. The van der Waals surface area contributed by atoms with Gasteiger partial charge in [-0.25, -0.2) is 15.0 Å². The number of hydrogen-bond acceptors (Lipinski definition) is 3. The molecule has 0 N–H and O–H groups in total. The zero-order valence-electron chi connectivity index (χ0n) is 62.3. The van der Waals surface area contributed by atoms with E-state index in [0.29, 0.717) is 4.57 Å². The molecular weight excluding hydrogens is 693 g/mol. The van der Waals surface area contributed by atoms with Crippen LogP contribution in [0.5, 0.6) is 0 Å². The van der Waals surface area contributed by atoms with Crippen LogP contribution in [0.3, 0.4) is 0 Å². The smallest absolute Gasteiger partial charge is 0.164 e. The Bertz CT molecular complexity index is 5180. The molecule has 0 aliphatic carbocycles. The van der Waals surface area contributed by atoms with Crippen LogP contribution in [0.1, 0.15) is 46.6 Å². The summed E-state index contributed by atoms with van der Waals surface area (Å²) in [5, 5.41) is -3.62. The summed E-state index contributed by atoms with van der Waals surface area (Å²) < 4.78 is 304. The van der Waals surface area contributed by atoms with Crippen molar-refractivity contribution < 1.29 is 46.6 Å². The maximum atomic E-state index is 9.65. The van der Waals surface area contributed by atoms with Crippen LogP contribution >= 0.6 is 0 Å². The Balaban J connectivity index is 1.27. The molecule has 4 nitrogen and oxygen atoms in total. The zero-order valence-corrected chi connectivity index (χ0v) is 28.3. The normalized spacial score (nSPS) is 19.9. The van der Waals surface area contributed by atoms with E-state index in [9.17, 15) is 16.4 Å². The summed E-state index contributed by atoms with van der Waals surface area (Å²) in [5.74, 6) is -3.03. The second kappa shape index (κ2) is 13.6. The lowest BCUT2D eigenvalue weighted by Gasteiger charge is -2.12. The van der Waals surface area contributed by atoms with Crippen molar-refractivity contribution in [2.75, 3.05) is 0 Å². The van der Waals surface area contributed by atoms with E-state index in [4.69, 9.17) is 30.2 Å². The molecule has 0 atom stereocenters. The fraction of sp³-hybridized carbons (Fsp3) is 0. The Morgan fingerprint density at radius 1 is 0.298 bits per heavy atom. The summed E-state index contributed by atoms with van der Waals surface area (Å²) in [6.07, 6.45) is 0. The molecule has 0 radical (unpaired) electrons. The van der Waals surface area contributed by atoms with Crippen LogP contribution in [0.25, 0.3) is 105 Å². The molecule has 11 rings (SSSR count). The van der Waals surface area contributed by atoms with E-state index >= 15 is 0 Å². The number of aromatic nitrogens is 4. The molecule has 0 amide bonds. The van der Waals surface area contributed by atoms with Crippen molar-refractivity contribution in [2.24, 2.45) is 0 Å². The first kappa shape index (κ1) is 13.2. The Hall–Kier alpha value is -7.69. The highest BCUT2D eigenvalue weighted by atomic mass is 15.0. The molecule has 0 saturated carbocycles. The van der Waals surface area contributed by atoms with Crippen LogP contribution in [-0.4, -0.2) is 19.5 Å². The van der Waals surface area contributed by atoms with Crippen LogP contribution in [0.2, 0.25) is 0 Å². The molecule has 0 spiro atoms. The van der Waals surface area contributed by atoms with Gasteiger partial charge in [-0.3, -0.25) is 0 Å². The van der Waals surface area contributed by atoms with Crippen molar-refractivity contribution in [2.45, 2.75) is 0 Å². The van der Waals surface area contributed by atoms with Gasteiger partial charge >= 0.3 is 0 Å². The Kier molecular flexibility index (Phi) is 3.14. The van der Waals surface area contributed by atoms with Crippen molar-refractivity contribution in [3.63, 3.8) is 0 Å². The second-order valence-corrected chi connectivity index (χ2v) is 11.8. The van der Waals surface area contributed by atoms with Gasteiger partial charge in [-0.2, -0.15) is 0 Å². The number of nitrogens with zero attached hydrogens (tertiary/aromatic N) is 4. The number of para-hydroxylation sites is 1. The summed E-state index contributed by atoms with van der Waals surface area (Å²) >= 11 is 0. The molecule has 2 aromatic heterocycles. The topological polar surface area (TPSA) is 43.6 Å². The first-order valence-electron chi connectivity index (χ1n) is 33.5. The minimum atomic E-state index is -1.18. The van der Waals surface area contributed by atoms with Gasteiger partial charge in [0, 0.05) is 33.2 Å². The second-order valence-electron chi connectivity index (χ2n) is 11.8. The van der Waals surface area contributed by atoms with Crippen LogP contribution in [0.4, 0.5) is 0 Å². The average Bonchev–Trinajstić information content (AvgIpc) is 1.63. The predicted octanol–water partition coefficient (Wildman–Crippen LogP) is 13.6. The minimum absolute atomic E-state index is 0.534. The monoisotopic (exact) mass is 760 g/mol. The van der Waals surface area contributed by atoms with Gasteiger partial charge in [0.15, 0.2) is 17.5 Å². The third-order valence-electron chi connectivity index (χ3n) is 8.49. The van der Waals surface area contributed by atoms with E-state index in [1.165, 1.54) is 0 Å². The summed E-state index contributed by atoms with van der Waals surface area (Å²) in [7, 11) is 0. The number of rotatable bonds is 6. The van der Waals surface area contributed by atoms with Gasteiger partial charge in [0.2, 0.25) is 0 Å². The lowest BCUT2D eigenvalue weighted by atomic mass is 10.00. The van der Waals surface area contributed by atoms with Gasteiger partial charge in [0.25, 0.3) is 0 Å². The zero-order chi connectivity index (χ0) is 67.3. The molecule has 0 saturated heterocycles. The number of fused-ring (bicyclic) bond motifs is 6.